The Labute approximate surface area is 88.7 Å². The van der Waals surface area contributed by atoms with Gasteiger partial charge in [-0.2, -0.15) is 11.8 Å². The van der Waals surface area contributed by atoms with Crippen LogP contribution in [0.1, 0.15) is 6.93 Å². The number of aliphatic carboxylic acids is 1. The van der Waals surface area contributed by atoms with Crippen molar-refractivity contribution in [2.45, 2.75) is 11.8 Å². The normalized spacial score (nSPS) is 15.6. The third kappa shape index (κ3) is 3.81. The Bertz CT molecular complexity index is 320. The molecule has 2 atom stereocenters. The standard InChI is InChI=1S/C10H13NO2S/c11-9(10(12)13)7-14-6-8-4-2-1-3-5-8/h1-5,9H,6-7,11H2,(H,12,13)/t9-/m0/s1/i6D/t6?,9-. The van der Waals surface area contributed by atoms with E-state index in [1.54, 1.807) is 0 Å². The van der Waals surface area contributed by atoms with E-state index in [0.717, 1.165) is 5.56 Å². The van der Waals surface area contributed by atoms with Crippen LogP contribution in [0.3, 0.4) is 0 Å². The zero-order valence-corrected chi connectivity index (χ0v) is 8.41. The molecule has 0 radical (unpaired) electrons. The first-order chi connectivity index (χ1) is 7.11. The number of carboxylic acid groups (broad SMARTS) is 1. The van der Waals surface area contributed by atoms with E-state index in [4.69, 9.17) is 12.2 Å². The van der Waals surface area contributed by atoms with E-state index in [2.05, 4.69) is 0 Å². The van der Waals surface area contributed by atoms with Crippen molar-refractivity contribution < 1.29 is 11.3 Å². The number of benzene rings is 1. The molecule has 14 heavy (non-hydrogen) atoms. The molecule has 0 spiro atoms. The Kier molecular flexibility index (Phi) is 3.87. The topological polar surface area (TPSA) is 63.3 Å². The molecule has 1 aromatic rings. The monoisotopic (exact) mass is 212 g/mol. The molecule has 3 N–H and O–H groups in total. The Morgan fingerprint density at radius 3 is 2.79 bits per heavy atom. The maximum Gasteiger partial charge on any atom is 0.321 e. The third-order valence-electron chi connectivity index (χ3n) is 1.61. The van der Waals surface area contributed by atoms with Gasteiger partial charge in [-0.15, -0.1) is 0 Å². The summed E-state index contributed by atoms with van der Waals surface area (Å²) >= 11 is 1.23. The number of thioether (sulfide) groups is 1. The van der Waals surface area contributed by atoms with Gasteiger partial charge in [-0.3, -0.25) is 4.79 Å². The zero-order valence-electron chi connectivity index (χ0n) is 8.59. The molecule has 0 fully saturated rings. The molecule has 0 saturated heterocycles. The van der Waals surface area contributed by atoms with Gasteiger partial charge in [-0.05, 0) is 5.56 Å². The summed E-state index contributed by atoms with van der Waals surface area (Å²) in [7, 11) is 0. The summed E-state index contributed by atoms with van der Waals surface area (Å²) in [4.78, 5) is 10.4. The van der Waals surface area contributed by atoms with Crippen molar-refractivity contribution in [2.24, 2.45) is 5.73 Å². The van der Waals surface area contributed by atoms with Gasteiger partial charge in [0.25, 0.3) is 0 Å². The Balaban J connectivity index is 2.43. The second kappa shape index (κ2) is 5.67. The van der Waals surface area contributed by atoms with Crippen LogP contribution in [0, 0.1) is 0 Å². The third-order valence-corrected chi connectivity index (χ3v) is 2.60. The number of nitrogens with two attached hydrogens (primary N) is 1. The Morgan fingerprint density at radius 2 is 2.21 bits per heavy atom. The van der Waals surface area contributed by atoms with Gasteiger partial charge >= 0.3 is 5.97 Å². The predicted molar refractivity (Wildman–Crippen MR) is 58.2 cm³/mol. The van der Waals surface area contributed by atoms with Gasteiger partial charge in [0, 0.05) is 12.9 Å². The molecule has 1 aromatic carbocycles. The maximum atomic E-state index is 10.4. The van der Waals surface area contributed by atoms with E-state index in [1.165, 1.54) is 11.8 Å². The van der Waals surface area contributed by atoms with Gasteiger partial charge in [-0.25, -0.2) is 0 Å². The van der Waals surface area contributed by atoms with Crippen LogP contribution >= 0.6 is 11.8 Å². The van der Waals surface area contributed by atoms with Gasteiger partial charge in [0.2, 0.25) is 0 Å². The largest absolute Gasteiger partial charge is 0.480 e. The molecule has 3 nitrogen and oxygen atoms in total. The smallest absolute Gasteiger partial charge is 0.321 e. The molecule has 0 aliphatic heterocycles. The van der Waals surface area contributed by atoms with Crippen LogP contribution in [0.2, 0.25) is 0 Å². The fourth-order valence-corrected chi connectivity index (χ4v) is 1.65. The Hall–Kier alpha value is -1.00. The minimum Gasteiger partial charge on any atom is -0.480 e. The van der Waals surface area contributed by atoms with Gasteiger partial charge in [-0.1, -0.05) is 30.3 Å². The van der Waals surface area contributed by atoms with Crippen LogP contribution < -0.4 is 5.73 Å². The molecule has 0 bridgehead atoms. The summed E-state index contributed by atoms with van der Waals surface area (Å²) < 4.78 is 7.76. The van der Waals surface area contributed by atoms with Gasteiger partial charge in [0.05, 0.1) is 0 Å². The van der Waals surface area contributed by atoms with E-state index in [-0.39, 0.29) is 5.75 Å². The lowest BCUT2D eigenvalue weighted by Gasteiger charge is -2.05. The van der Waals surface area contributed by atoms with E-state index >= 15 is 0 Å². The van der Waals surface area contributed by atoms with Gasteiger partial charge < -0.3 is 10.8 Å². The first kappa shape index (κ1) is 9.55. The average molecular weight is 212 g/mol. The summed E-state index contributed by atoms with van der Waals surface area (Å²) in [5.74, 6) is -0.777. The second-order valence-corrected chi connectivity index (χ2v) is 3.71. The minimum atomic E-state index is -1.03. The van der Waals surface area contributed by atoms with Crippen LogP contribution in [0.4, 0.5) is 0 Å². The van der Waals surface area contributed by atoms with E-state index in [0.29, 0.717) is 0 Å². The molecule has 0 aromatic heterocycles. The van der Waals surface area contributed by atoms with Gasteiger partial charge in [0.1, 0.15) is 6.04 Å². The first-order valence-corrected chi connectivity index (χ1v) is 5.23. The molecule has 1 rings (SSSR count). The average Bonchev–Trinajstić information content (AvgIpc) is 2.26. The molecule has 76 valence electrons. The van der Waals surface area contributed by atoms with Crippen molar-refractivity contribution in [1.29, 1.82) is 0 Å². The summed E-state index contributed by atoms with van der Waals surface area (Å²) in [6.07, 6.45) is 0. The molecule has 0 amide bonds. The lowest BCUT2D eigenvalue weighted by Crippen LogP contribution is -2.32. The second-order valence-electron chi connectivity index (χ2n) is 2.81. The lowest BCUT2D eigenvalue weighted by atomic mass is 10.2. The molecule has 0 heterocycles. The molecular formula is C10H13NO2S. The summed E-state index contributed by atoms with van der Waals surface area (Å²) in [6.45, 7) is 0. The van der Waals surface area contributed by atoms with E-state index in [1.807, 2.05) is 30.3 Å². The SMILES string of the molecule is [2H]C(SC[C@H](N)C(=O)O)c1ccccc1. The summed E-state index contributed by atoms with van der Waals surface area (Å²) in [6, 6.07) is 8.38. The first-order valence-electron chi connectivity index (χ1n) is 4.76. The highest BCUT2D eigenvalue weighted by molar-refractivity contribution is 7.98. The highest BCUT2D eigenvalue weighted by Crippen LogP contribution is 2.11. The van der Waals surface area contributed by atoms with Crippen molar-refractivity contribution in [3.05, 3.63) is 35.9 Å². The maximum absolute atomic E-state index is 10.4. The lowest BCUT2D eigenvalue weighted by molar-refractivity contribution is -0.137. The number of hydrogen-bond donors (Lipinski definition) is 2. The highest BCUT2D eigenvalue weighted by Gasteiger charge is 2.10. The predicted octanol–water partition coefficient (Wildman–Crippen LogP) is 1.33. The number of rotatable bonds is 5. The number of carboxylic acids is 1. The number of carbonyl (C=O) groups is 1. The van der Waals surface area contributed by atoms with Crippen LogP contribution in [-0.2, 0) is 10.5 Å². The fourth-order valence-electron chi connectivity index (χ4n) is 0.851. The fraction of sp³-hybridized carbons (Fsp3) is 0.300. The molecule has 4 heteroatoms. The summed E-state index contributed by atoms with van der Waals surface area (Å²) in [5.41, 5.74) is 5.72. The van der Waals surface area contributed by atoms with Crippen molar-refractivity contribution in [3.8, 4) is 0 Å². The van der Waals surface area contributed by atoms with Crippen molar-refractivity contribution in [3.63, 3.8) is 0 Å². The van der Waals surface area contributed by atoms with Crippen LogP contribution in [0.5, 0.6) is 0 Å². The van der Waals surface area contributed by atoms with Crippen LogP contribution in [-0.4, -0.2) is 22.9 Å². The minimum absolute atomic E-state index is 0.248. The van der Waals surface area contributed by atoms with Crippen LogP contribution in [0.15, 0.2) is 30.3 Å². The molecule has 0 saturated carbocycles. The Morgan fingerprint density at radius 1 is 1.57 bits per heavy atom. The zero-order chi connectivity index (χ0) is 11.3. The molecular weight excluding hydrogens is 198 g/mol. The molecule has 0 aliphatic rings. The number of hydrogen-bond acceptors (Lipinski definition) is 3. The van der Waals surface area contributed by atoms with Gasteiger partial charge in [0.15, 0.2) is 0 Å². The van der Waals surface area contributed by atoms with Crippen molar-refractivity contribution in [2.75, 3.05) is 5.75 Å². The summed E-state index contributed by atoms with van der Waals surface area (Å²) in [5, 5.41) is 8.57. The van der Waals surface area contributed by atoms with Crippen molar-refractivity contribution in [1.82, 2.24) is 0 Å². The van der Waals surface area contributed by atoms with E-state index in [9.17, 15) is 4.79 Å². The highest BCUT2D eigenvalue weighted by atomic mass is 32.2. The van der Waals surface area contributed by atoms with Crippen LogP contribution in [0.25, 0.3) is 0 Å². The van der Waals surface area contributed by atoms with Crippen molar-refractivity contribution >= 4 is 17.7 Å². The van der Waals surface area contributed by atoms with E-state index < -0.39 is 17.7 Å². The molecule has 1 unspecified atom stereocenters. The molecule has 0 aliphatic carbocycles. The quantitative estimate of drug-likeness (QED) is 0.773.